The van der Waals surface area contributed by atoms with Crippen LogP contribution in [0.5, 0.6) is 11.5 Å². The molecule has 1 amide bonds. The Bertz CT molecular complexity index is 811. The SMILES string of the molecule is COc1ccc(C(CC#N)NC(=O)c2ccccc2C=O)cc1OC. The van der Waals surface area contributed by atoms with Gasteiger partial charge in [-0.1, -0.05) is 24.3 Å². The van der Waals surface area contributed by atoms with Crippen LogP contribution in [-0.2, 0) is 0 Å². The Kier molecular flexibility index (Phi) is 6.13. The predicted molar refractivity (Wildman–Crippen MR) is 91.8 cm³/mol. The summed E-state index contributed by atoms with van der Waals surface area (Å²) in [5, 5.41) is 11.9. The van der Waals surface area contributed by atoms with Gasteiger partial charge in [-0.25, -0.2) is 0 Å². The number of hydrogen-bond acceptors (Lipinski definition) is 5. The number of carbonyl (C=O) groups is 2. The molecule has 0 saturated heterocycles. The third-order valence-electron chi connectivity index (χ3n) is 3.74. The average molecular weight is 338 g/mol. The van der Waals surface area contributed by atoms with Crippen LogP contribution in [-0.4, -0.2) is 26.4 Å². The molecule has 0 heterocycles. The van der Waals surface area contributed by atoms with Gasteiger partial charge in [-0.2, -0.15) is 5.26 Å². The van der Waals surface area contributed by atoms with Crippen molar-refractivity contribution >= 4 is 12.2 Å². The molecule has 25 heavy (non-hydrogen) atoms. The van der Waals surface area contributed by atoms with Crippen molar-refractivity contribution in [3.05, 3.63) is 59.2 Å². The molecule has 2 aromatic rings. The van der Waals surface area contributed by atoms with Crippen LogP contribution in [0.4, 0.5) is 0 Å². The number of carbonyl (C=O) groups excluding carboxylic acids is 2. The molecule has 128 valence electrons. The van der Waals surface area contributed by atoms with Crippen LogP contribution >= 0.6 is 0 Å². The second-order valence-corrected chi connectivity index (χ2v) is 5.21. The van der Waals surface area contributed by atoms with Gasteiger partial charge in [-0.3, -0.25) is 9.59 Å². The van der Waals surface area contributed by atoms with Crippen molar-refractivity contribution in [2.45, 2.75) is 12.5 Å². The summed E-state index contributed by atoms with van der Waals surface area (Å²) >= 11 is 0. The Morgan fingerprint density at radius 1 is 1.20 bits per heavy atom. The number of nitriles is 1. The maximum Gasteiger partial charge on any atom is 0.252 e. The smallest absolute Gasteiger partial charge is 0.252 e. The fraction of sp³-hybridized carbons (Fsp3) is 0.211. The Morgan fingerprint density at radius 2 is 1.92 bits per heavy atom. The van der Waals surface area contributed by atoms with Crippen molar-refractivity contribution in [2.75, 3.05) is 14.2 Å². The summed E-state index contributed by atoms with van der Waals surface area (Å²) in [7, 11) is 3.04. The monoisotopic (exact) mass is 338 g/mol. The van der Waals surface area contributed by atoms with Gasteiger partial charge in [0.05, 0.1) is 32.8 Å². The zero-order chi connectivity index (χ0) is 18.2. The number of nitrogens with one attached hydrogen (secondary N) is 1. The van der Waals surface area contributed by atoms with Gasteiger partial charge in [0, 0.05) is 11.1 Å². The van der Waals surface area contributed by atoms with E-state index in [0.717, 1.165) is 0 Å². The summed E-state index contributed by atoms with van der Waals surface area (Å²) in [6, 6.07) is 13.2. The fourth-order valence-electron chi connectivity index (χ4n) is 2.46. The molecule has 6 heteroatoms. The Labute approximate surface area is 146 Å². The van der Waals surface area contributed by atoms with E-state index in [4.69, 9.17) is 14.7 Å². The second-order valence-electron chi connectivity index (χ2n) is 5.21. The first-order valence-electron chi connectivity index (χ1n) is 7.58. The second kappa shape index (κ2) is 8.50. The molecule has 0 aromatic heterocycles. The maximum absolute atomic E-state index is 12.5. The van der Waals surface area contributed by atoms with E-state index in [9.17, 15) is 9.59 Å². The minimum absolute atomic E-state index is 0.0739. The van der Waals surface area contributed by atoms with E-state index < -0.39 is 11.9 Å². The number of methoxy groups -OCH3 is 2. The Hall–Kier alpha value is -3.33. The zero-order valence-corrected chi connectivity index (χ0v) is 14.0. The minimum Gasteiger partial charge on any atom is -0.493 e. The lowest BCUT2D eigenvalue weighted by Gasteiger charge is -2.18. The molecule has 0 fully saturated rings. The summed E-state index contributed by atoms with van der Waals surface area (Å²) in [6.07, 6.45) is 0.703. The highest BCUT2D eigenvalue weighted by molar-refractivity contribution is 6.01. The largest absolute Gasteiger partial charge is 0.493 e. The lowest BCUT2D eigenvalue weighted by molar-refractivity contribution is 0.0932. The van der Waals surface area contributed by atoms with Crippen molar-refractivity contribution in [2.24, 2.45) is 0 Å². The normalized spacial score (nSPS) is 11.1. The van der Waals surface area contributed by atoms with Gasteiger partial charge in [0.2, 0.25) is 0 Å². The molecule has 1 unspecified atom stereocenters. The van der Waals surface area contributed by atoms with E-state index in [1.54, 1.807) is 42.5 Å². The molecule has 2 rings (SSSR count). The summed E-state index contributed by atoms with van der Waals surface area (Å²) in [4.78, 5) is 23.6. The lowest BCUT2D eigenvalue weighted by atomic mass is 10.0. The van der Waals surface area contributed by atoms with E-state index in [0.29, 0.717) is 28.9 Å². The van der Waals surface area contributed by atoms with E-state index >= 15 is 0 Å². The van der Waals surface area contributed by atoms with Gasteiger partial charge in [0.15, 0.2) is 17.8 Å². The number of nitrogens with zero attached hydrogens (tertiary/aromatic N) is 1. The van der Waals surface area contributed by atoms with Crippen molar-refractivity contribution in [3.8, 4) is 17.6 Å². The third-order valence-corrected chi connectivity index (χ3v) is 3.74. The van der Waals surface area contributed by atoms with E-state index in [1.807, 2.05) is 0 Å². The lowest BCUT2D eigenvalue weighted by Crippen LogP contribution is -2.29. The first-order valence-corrected chi connectivity index (χ1v) is 7.58. The van der Waals surface area contributed by atoms with Gasteiger partial charge in [-0.05, 0) is 23.8 Å². The maximum atomic E-state index is 12.5. The summed E-state index contributed by atoms with van der Waals surface area (Å²) in [5.74, 6) is 0.641. The van der Waals surface area contributed by atoms with E-state index in [2.05, 4.69) is 11.4 Å². The van der Waals surface area contributed by atoms with Crippen LogP contribution in [0.3, 0.4) is 0 Å². The molecule has 0 saturated carbocycles. The van der Waals surface area contributed by atoms with Crippen molar-refractivity contribution in [1.82, 2.24) is 5.32 Å². The molecule has 1 atom stereocenters. The summed E-state index contributed by atoms with van der Waals surface area (Å²) < 4.78 is 10.5. The van der Waals surface area contributed by atoms with E-state index in [-0.39, 0.29) is 12.0 Å². The molecule has 1 N–H and O–H groups in total. The molecule has 0 aliphatic heterocycles. The van der Waals surface area contributed by atoms with Crippen molar-refractivity contribution < 1.29 is 19.1 Å². The number of rotatable bonds is 7. The third kappa shape index (κ3) is 4.15. The van der Waals surface area contributed by atoms with Crippen LogP contribution in [0.2, 0.25) is 0 Å². The average Bonchev–Trinajstić information content (AvgIpc) is 2.66. The Morgan fingerprint density at radius 3 is 2.56 bits per heavy atom. The molecule has 0 aliphatic rings. The van der Waals surface area contributed by atoms with Gasteiger partial charge < -0.3 is 14.8 Å². The van der Waals surface area contributed by atoms with Gasteiger partial charge in [0.25, 0.3) is 5.91 Å². The number of amides is 1. The Balaban J connectivity index is 2.31. The molecule has 0 spiro atoms. The standard InChI is InChI=1S/C19H18N2O4/c1-24-17-8-7-13(11-18(17)25-2)16(9-10-20)21-19(23)15-6-4-3-5-14(15)12-22/h3-8,11-12,16H,9H2,1-2H3,(H,21,23). The van der Waals surface area contributed by atoms with Crippen molar-refractivity contribution in [3.63, 3.8) is 0 Å². The van der Waals surface area contributed by atoms with Crippen LogP contribution < -0.4 is 14.8 Å². The molecule has 0 radical (unpaired) electrons. The van der Waals surface area contributed by atoms with E-state index in [1.165, 1.54) is 14.2 Å². The molecule has 0 bridgehead atoms. The van der Waals surface area contributed by atoms with Gasteiger partial charge in [-0.15, -0.1) is 0 Å². The van der Waals surface area contributed by atoms with Gasteiger partial charge >= 0.3 is 0 Å². The number of aldehydes is 1. The van der Waals surface area contributed by atoms with Crippen LogP contribution in [0, 0.1) is 11.3 Å². The first-order chi connectivity index (χ1) is 12.1. The summed E-state index contributed by atoms with van der Waals surface area (Å²) in [5.41, 5.74) is 1.26. The fourth-order valence-corrected chi connectivity index (χ4v) is 2.46. The molecular weight excluding hydrogens is 320 g/mol. The molecular formula is C19H18N2O4. The molecule has 0 aliphatic carbocycles. The number of hydrogen-bond donors (Lipinski definition) is 1. The number of benzene rings is 2. The minimum atomic E-state index is -0.544. The van der Waals surface area contributed by atoms with Crippen LogP contribution in [0.25, 0.3) is 0 Å². The highest BCUT2D eigenvalue weighted by Gasteiger charge is 2.19. The van der Waals surface area contributed by atoms with Crippen LogP contribution in [0.1, 0.15) is 38.7 Å². The highest BCUT2D eigenvalue weighted by atomic mass is 16.5. The predicted octanol–water partition coefficient (Wildman–Crippen LogP) is 2.90. The first kappa shape index (κ1) is 18.0. The topological polar surface area (TPSA) is 88.4 Å². The summed E-state index contributed by atoms with van der Waals surface area (Å²) in [6.45, 7) is 0. The molecule has 6 nitrogen and oxygen atoms in total. The quantitative estimate of drug-likeness (QED) is 0.784. The van der Waals surface area contributed by atoms with Gasteiger partial charge in [0.1, 0.15) is 0 Å². The molecule has 2 aromatic carbocycles. The zero-order valence-electron chi connectivity index (χ0n) is 14.0. The van der Waals surface area contributed by atoms with Crippen LogP contribution in [0.15, 0.2) is 42.5 Å². The highest BCUT2D eigenvalue weighted by Crippen LogP contribution is 2.31. The van der Waals surface area contributed by atoms with Crippen molar-refractivity contribution in [1.29, 1.82) is 5.26 Å². The number of ether oxygens (including phenoxy) is 2.